The zero-order valence-corrected chi connectivity index (χ0v) is 14.4. The van der Waals surface area contributed by atoms with Crippen LogP contribution in [0.3, 0.4) is 0 Å². The number of thioether (sulfide) groups is 1. The maximum atomic E-state index is 9.28. The van der Waals surface area contributed by atoms with Gasteiger partial charge in [-0.1, -0.05) is 29.2 Å². The topological polar surface area (TPSA) is 114 Å². The van der Waals surface area contributed by atoms with Crippen LogP contribution < -0.4 is 16.0 Å². The lowest BCUT2D eigenvalue weighted by atomic mass is 10.1. The Bertz CT molecular complexity index is 850. The number of aromatic nitrogens is 4. The number of benzene rings is 1. The summed E-state index contributed by atoms with van der Waals surface area (Å²) in [5, 5.41) is 13.2. The summed E-state index contributed by atoms with van der Waals surface area (Å²) in [5.74, 6) is 1.83. The molecule has 0 aliphatic heterocycles. The molecule has 0 bridgehead atoms. The summed E-state index contributed by atoms with van der Waals surface area (Å²) in [5.41, 5.74) is 9.52. The van der Waals surface area contributed by atoms with Gasteiger partial charge in [0.25, 0.3) is 10.8 Å². The van der Waals surface area contributed by atoms with E-state index >= 15 is 0 Å². The van der Waals surface area contributed by atoms with Gasteiger partial charge in [0, 0.05) is 5.75 Å². The summed E-state index contributed by atoms with van der Waals surface area (Å²) >= 11 is 1.60. The summed E-state index contributed by atoms with van der Waals surface area (Å²) < 4.78 is 0. The molecule has 24 heavy (non-hydrogen) atoms. The van der Waals surface area contributed by atoms with Crippen molar-refractivity contribution in [2.45, 2.75) is 30.8 Å². The standard InChI is InChI=1S/C16H20N6OS/c1-9-5-3-4-6-11(9)8-24-16-21-13(18-10(2)7-23)12-14(22-16)20-15(17)19-12/h3-6,10,23H,7-8H2,1-2H3,(H4,17,18,19,20,21,22)/p+1/t10-/m1/s1. The maximum Gasteiger partial charge on any atom is 0.299 e. The van der Waals surface area contributed by atoms with Gasteiger partial charge in [-0.3, -0.25) is 5.32 Å². The molecule has 1 atom stereocenters. The first-order valence-corrected chi connectivity index (χ1v) is 8.68. The summed E-state index contributed by atoms with van der Waals surface area (Å²) in [6.07, 6.45) is 0. The Morgan fingerprint density at radius 3 is 2.92 bits per heavy atom. The summed E-state index contributed by atoms with van der Waals surface area (Å²) in [4.78, 5) is 15.0. The number of aliphatic hydroxyl groups excluding tert-OH is 1. The Morgan fingerprint density at radius 2 is 2.17 bits per heavy atom. The number of rotatable bonds is 6. The second-order valence-electron chi connectivity index (χ2n) is 5.68. The number of H-pyrrole nitrogens is 2. The Balaban J connectivity index is 1.89. The fourth-order valence-corrected chi connectivity index (χ4v) is 3.26. The van der Waals surface area contributed by atoms with Crippen LogP contribution in [0.4, 0.5) is 11.8 Å². The number of nitrogens with zero attached hydrogens (tertiary/aromatic N) is 2. The number of anilines is 2. The number of hydrogen-bond donors (Lipinski definition) is 4. The number of nitrogens with one attached hydrogen (secondary N) is 3. The lowest BCUT2D eigenvalue weighted by Crippen LogP contribution is -2.26. The number of nitrogen functional groups attached to an aromatic ring is 1. The predicted molar refractivity (Wildman–Crippen MR) is 95.8 cm³/mol. The summed E-state index contributed by atoms with van der Waals surface area (Å²) in [6.45, 7) is 4.01. The zero-order chi connectivity index (χ0) is 17.1. The van der Waals surface area contributed by atoms with Crippen molar-refractivity contribution in [3.05, 3.63) is 35.4 Å². The van der Waals surface area contributed by atoms with E-state index in [0.29, 0.717) is 17.1 Å². The van der Waals surface area contributed by atoms with Gasteiger partial charge in [0.15, 0.2) is 5.52 Å². The molecule has 0 radical (unpaired) electrons. The van der Waals surface area contributed by atoms with E-state index in [9.17, 15) is 5.11 Å². The quantitative estimate of drug-likeness (QED) is 0.400. The summed E-state index contributed by atoms with van der Waals surface area (Å²) in [6, 6.07) is 8.17. The Hall–Kier alpha value is -2.32. The van der Waals surface area contributed by atoms with E-state index in [1.807, 2.05) is 19.1 Å². The van der Waals surface area contributed by atoms with E-state index in [4.69, 9.17) is 5.73 Å². The molecule has 0 fully saturated rings. The molecule has 1 aromatic carbocycles. The van der Waals surface area contributed by atoms with Gasteiger partial charge in [-0.2, -0.15) is 4.98 Å². The third-order valence-electron chi connectivity index (χ3n) is 3.68. The van der Waals surface area contributed by atoms with Crippen LogP contribution in [0.25, 0.3) is 11.2 Å². The van der Waals surface area contributed by atoms with Crippen LogP contribution in [-0.2, 0) is 5.75 Å². The van der Waals surface area contributed by atoms with Gasteiger partial charge in [-0.25, -0.2) is 4.98 Å². The van der Waals surface area contributed by atoms with Gasteiger partial charge in [-0.15, -0.1) is 0 Å². The first kappa shape index (κ1) is 16.5. The first-order chi connectivity index (χ1) is 11.6. The van der Waals surface area contributed by atoms with Crippen molar-refractivity contribution in [1.29, 1.82) is 0 Å². The van der Waals surface area contributed by atoms with Crippen LogP contribution in [0.5, 0.6) is 0 Å². The van der Waals surface area contributed by atoms with Gasteiger partial charge in [0.05, 0.1) is 12.6 Å². The second-order valence-corrected chi connectivity index (χ2v) is 6.64. The Labute approximate surface area is 144 Å². The van der Waals surface area contributed by atoms with Gasteiger partial charge < -0.3 is 15.8 Å². The van der Waals surface area contributed by atoms with Crippen molar-refractivity contribution in [2.75, 3.05) is 17.7 Å². The molecule has 0 unspecified atom stereocenters. The van der Waals surface area contributed by atoms with Gasteiger partial charge in [0.1, 0.15) is 0 Å². The average molecular weight is 345 g/mol. The highest BCUT2D eigenvalue weighted by atomic mass is 32.2. The van der Waals surface area contributed by atoms with Crippen LogP contribution in [0.1, 0.15) is 18.1 Å². The molecule has 6 N–H and O–H groups in total. The molecule has 0 aliphatic rings. The molecule has 0 saturated heterocycles. The summed E-state index contributed by atoms with van der Waals surface area (Å²) in [7, 11) is 0. The van der Waals surface area contributed by atoms with Gasteiger partial charge in [0.2, 0.25) is 11.8 Å². The van der Waals surface area contributed by atoms with Crippen molar-refractivity contribution >= 4 is 34.7 Å². The fourth-order valence-electron chi connectivity index (χ4n) is 2.32. The maximum absolute atomic E-state index is 9.28. The van der Waals surface area contributed by atoms with E-state index in [2.05, 4.69) is 44.3 Å². The number of aromatic amines is 2. The van der Waals surface area contributed by atoms with E-state index in [-0.39, 0.29) is 12.6 Å². The second kappa shape index (κ2) is 7.06. The predicted octanol–water partition coefficient (Wildman–Crippen LogP) is 1.75. The van der Waals surface area contributed by atoms with Crippen LogP contribution in [-0.4, -0.2) is 32.7 Å². The fraction of sp³-hybridized carbons (Fsp3) is 0.312. The molecule has 126 valence electrons. The monoisotopic (exact) mass is 345 g/mol. The molecule has 3 rings (SSSR count). The molecule has 0 saturated carbocycles. The molecular formula is C16H21N6OS+. The van der Waals surface area contributed by atoms with Crippen molar-refractivity contribution < 1.29 is 10.1 Å². The molecule has 2 aromatic heterocycles. The molecule has 8 heteroatoms. The minimum atomic E-state index is -0.106. The van der Waals surface area contributed by atoms with E-state index in [0.717, 1.165) is 16.7 Å². The third kappa shape index (κ3) is 3.60. The number of fused-ring (bicyclic) bond motifs is 1. The largest absolute Gasteiger partial charge is 0.393 e. The lowest BCUT2D eigenvalue weighted by molar-refractivity contribution is -0.416. The van der Waals surface area contributed by atoms with Crippen molar-refractivity contribution in [1.82, 2.24) is 15.0 Å². The minimum absolute atomic E-state index is 0.0208. The zero-order valence-electron chi connectivity index (χ0n) is 13.6. The normalized spacial score (nSPS) is 12.5. The molecular weight excluding hydrogens is 324 g/mol. The first-order valence-electron chi connectivity index (χ1n) is 7.70. The van der Waals surface area contributed by atoms with E-state index < -0.39 is 0 Å². The van der Waals surface area contributed by atoms with Crippen molar-refractivity contribution in [2.24, 2.45) is 0 Å². The molecule has 0 aliphatic carbocycles. The van der Waals surface area contributed by atoms with E-state index in [1.54, 1.807) is 11.8 Å². The van der Waals surface area contributed by atoms with Crippen LogP contribution in [0.15, 0.2) is 29.4 Å². The number of aryl methyl sites for hydroxylation is 1. The lowest BCUT2D eigenvalue weighted by Gasteiger charge is -2.08. The van der Waals surface area contributed by atoms with Crippen LogP contribution >= 0.6 is 11.8 Å². The average Bonchev–Trinajstić information content (AvgIpc) is 2.94. The highest BCUT2D eigenvalue weighted by Gasteiger charge is 2.19. The smallest absolute Gasteiger partial charge is 0.299 e. The Kier molecular flexibility index (Phi) is 4.86. The SMILES string of the molecule is Cc1ccccc1CSc1nc2nc(N)[nH]c2c(N[C@H](C)CO)[nH+]1. The molecule has 0 spiro atoms. The third-order valence-corrected chi connectivity index (χ3v) is 4.60. The molecule has 2 heterocycles. The number of nitrogens with two attached hydrogens (primary N) is 1. The van der Waals surface area contributed by atoms with Gasteiger partial charge in [-0.05, 0) is 36.7 Å². The highest BCUT2D eigenvalue weighted by Crippen LogP contribution is 2.24. The highest BCUT2D eigenvalue weighted by molar-refractivity contribution is 7.98. The van der Waals surface area contributed by atoms with Crippen LogP contribution in [0.2, 0.25) is 0 Å². The number of hydrogen-bond acceptors (Lipinski definition) is 6. The van der Waals surface area contributed by atoms with Crippen molar-refractivity contribution in [3.8, 4) is 0 Å². The number of aliphatic hydroxyl groups is 1. The van der Waals surface area contributed by atoms with E-state index in [1.165, 1.54) is 11.1 Å². The van der Waals surface area contributed by atoms with Crippen molar-refractivity contribution in [3.63, 3.8) is 0 Å². The minimum Gasteiger partial charge on any atom is -0.393 e. The Morgan fingerprint density at radius 1 is 1.38 bits per heavy atom. The molecule has 3 aromatic rings. The molecule has 0 amide bonds. The van der Waals surface area contributed by atoms with Crippen LogP contribution in [0, 0.1) is 6.92 Å². The van der Waals surface area contributed by atoms with Gasteiger partial charge >= 0.3 is 0 Å². The number of imidazole rings is 1. The molecule has 7 nitrogen and oxygen atoms in total.